The van der Waals surface area contributed by atoms with Crippen LogP contribution in [0.5, 0.6) is 0 Å². The maximum atomic E-state index is 10.3. The first kappa shape index (κ1) is 22.0. The molecule has 118 valence electrons. The molecular weight excluding hydrogens is 260 g/mol. The van der Waals surface area contributed by atoms with E-state index in [1.807, 2.05) is 0 Å². The zero-order chi connectivity index (χ0) is 14.9. The summed E-state index contributed by atoms with van der Waals surface area (Å²) in [5, 5.41) is 8.50. The summed E-state index contributed by atoms with van der Waals surface area (Å²) in [5.74, 6) is -0.675. The summed E-state index contributed by atoms with van der Waals surface area (Å²) in [6, 6.07) is 0. The predicted molar refractivity (Wildman–Crippen MR) is 90.1 cm³/mol. The van der Waals surface area contributed by atoms with Crippen molar-refractivity contribution in [1.82, 2.24) is 0 Å². The lowest BCUT2D eigenvalue weighted by atomic mass is 10.1. The van der Waals surface area contributed by atoms with Crippen LogP contribution in [0.15, 0.2) is 36.5 Å². The maximum Gasteiger partial charge on any atom is 0.303 e. The summed E-state index contributed by atoms with van der Waals surface area (Å²) >= 11 is 0. The summed E-state index contributed by atoms with van der Waals surface area (Å²) in [7, 11) is 0. The summed E-state index contributed by atoms with van der Waals surface area (Å²) in [6.45, 7) is 2.15. The van der Waals surface area contributed by atoms with Gasteiger partial charge in [0.2, 0.25) is 0 Å². The van der Waals surface area contributed by atoms with Gasteiger partial charge in [0.05, 0.1) is 0 Å². The number of carboxylic acid groups (broad SMARTS) is 1. The third-order valence-corrected chi connectivity index (χ3v) is 3.04. The standard InChI is InChI=1S/C18H30O2.C/c1-2-3-4-5-6-7-8-9-10-11-12-13-14-15-16-17-18(19)20;/h3-4,6-7,9-10H,2,5,8,11-17H2,1H3,(H,19,20);/b4-3-,7-6-,10-9-;. The average molecular weight is 290 g/mol. The van der Waals surface area contributed by atoms with Crippen LogP contribution < -0.4 is 0 Å². The number of hydrogen-bond donors (Lipinski definition) is 1. The van der Waals surface area contributed by atoms with Crippen molar-refractivity contribution >= 4 is 5.97 Å². The van der Waals surface area contributed by atoms with Crippen molar-refractivity contribution in [3.05, 3.63) is 43.9 Å². The molecule has 0 fully saturated rings. The van der Waals surface area contributed by atoms with Crippen LogP contribution in [0, 0.1) is 7.43 Å². The van der Waals surface area contributed by atoms with Crippen LogP contribution in [0.1, 0.15) is 71.1 Å². The Kier molecular flexibility index (Phi) is 19.6. The third-order valence-electron chi connectivity index (χ3n) is 3.04. The molecule has 0 bridgehead atoms. The van der Waals surface area contributed by atoms with E-state index >= 15 is 0 Å². The number of hydrogen-bond acceptors (Lipinski definition) is 1. The highest BCUT2D eigenvalue weighted by molar-refractivity contribution is 5.66. The highest BCUT2D eigenvalue weighted by Gasteiger charge is 1.95. The molecule has 0 aromatic rings. The van der Waals surface area contributed by atoms with Gasteiger partial charge in [-0.25, -0.2) is 0 Å². The fourth-order valence-corrected chi connectivity index (χ4v) is 1.90. The molecular formula is C19H30O2. The first-order valence-corrected chi connectivity index (χ1v) is 7.94. The number of carbonyl (C=O) groups is 1. The normalized spacial score (nSPS) is 11.5. The van der Waals surface area contributed by atoms with Gasteiger partial charge in [0.1, 0.15) is 0 Å². The Morgan fingerprint density at radius 3 is 1.95 bits per heavy atom. The fourth-order valence-electron chi connectivity index (χ4n) is 1.90. The van der Waals surface area contributed by atoms with Crippen LogP contribution in [0.3, 0.4) is 0 Å². The minimum absolute atomic E-state index is 0. The Morgan fingerprint density at radius 2 is 1.33 bits per heavy atom. The smallest absolute Gasteiger partial charge is 0.303 e. The second kappa shape index (κ2) is 18.7. The van der Waals surface area contributed by atoms with Crippen LogP contribution >= 0.6 is 0 Å². The molecule has 4 radical (unpaired) electrons. The number of carboxylic acids is 1. The lowest BCUT2D eigenvalue weighted by Gasteiger charge is -1.98. The molecule has 0 aromatic heterocycles. The molecule has 0 aliphatic rings. The molecule has 0 rings (SSSR count). The summed E-state index contributed by atoms with van der Waals surface area (Å²) < 4.78 is 0. The van der Waals surface area contributed by atoms with Gasteiger partial charge in [0.25, 0.3) is 0 Å². The minimum atomic E-state index is -0.675. The van der Waals surface area contributed by atoms with Crippen molar-refractivity contribution in [3.8, 4) is 0 Å². The van der Waals surface area contributed by atoms with E-state index in [2.05, 4.69) is 43.4 Å². The second-order valence-electron chi connectivity index (χ2n) is 4.99. The van der Waals surface area contributed by atoms with E-state index in [0.29, 0.717) is 6.42 Å². The quantitative estimate of drug-likeness (QED) is 0.347. The van der Waals surface area contributed by atoms with E-state index in [1.165, 1.54) is 12.8 Å². The van der Waals surface area contributed by atoms with Crippen LogP contribution in [0.25, 0.3) is 0 Å². The van der Waals surface area contributed by atoms with Gasteiger partial charge in [0, 0.05) is 13.8 Å². The summed E-state index contributed by atoms with van der Waals surface area (Å²) in [5.41, 5.74) is 0. The molecule has 0 saturated heterocycles. The highest BCUT2D eigenvalue weighted by Crippen LogP contribution is 2.07. The highest BCUT2D eigenvalue weighted by atomic mass is 16.4. The van der Waals surface area contributed by atoms with E-state index in [1.54, 1.807) is 0 Å². The lowest BCUT2D eigenvalue weighted by Crippen LogP contribution is -1.93. The maximum absolute atomic E-state index is 10.3. The van der Waals surface area contributed by atoms with Gasteiger partial charge in [-0.15, -0.1) is 0 Å². The van der Waals surface area contributed by atoms with E-state index in [0.717, 1.165) is 44.9 Å². The molecule has 0 saturated carbocycles. The number of unbranched alkanes of at least 4 members (excludes halogenated alkanes) is 5. The molecule has 21 heavy (non-hydrogen) atoms. The van der Waals surface area contributed by atoms with Gasteiger partial charge < -0.3 is 5.11 Å². The largest absolute Gasteiger partial charge is 0.481 e. The Balaban J connectivity index is 0. The summed E-state index contributed by atoms with van der Waals surface area (Å²) in [6.07, 6.45) is 23.4. The van der Waals surface area contributed by atoms with E-state index in [-0.39, 0.29) is 7.43 Å². The molecule has 0 unspecified atom stereocenters. The first-order valence-electron chi connectivity index (χ1n) is 7.94. The van der Waals surface area contributed by atoms with Gasteiger partial charge in [-0.1, -0.05) is 62.6 Å². The van der Waals surface area contributed by atoms with Gasteiger partial charge in [-0.3, -0.25) is 4.79 Å². The second-order valence-corrected chi connectivity index (χ2v) is 4.99. The van der Waals surface area contributed by atoms with Crippen molar-refractivity contribution in [2.45, 2.75) is 71.1 Å². The SMILES string of the molecule is CC/C=C\C/C=C\C/C=C\CCCCCCCC(=O)O.[C]. The molecule has 0 heterocycles. The topological polar surface area (TPSA) is 37.3 Å². The Labute approximate surface area is 131 Å². The van der Waals surface area contributed by atoms with Gasteiger partial charge in [-0.05, 0) is 38.5 Å². The zero-order valence-corrected chi connectivity index (χ0v) is 13.4. The van der Waals surface area contributed by atoms with E-state index in [9.17, 15) is 4.79 Å². The van der Waals surface area contributed by atoms with Crippen LogP contribution in [0.4, 0.5) is 0 Å². The van der Waals surface area contributed by atoms with Crippen LogP contribution in [-0.4, -0.2) is 11.1 Å². The Bertz CT molecular complexity index is 301. The van der Waals surface area contributed by atoms with Crippen LogP contribution in [-0.2, 0) is 4.79 Å². The van der Waals surface area contributed by atoms with Crippen molar-refractivity contribution in [1.29, 1.82) is 0 Å². The molecule has 0 aliphatic carbocycles. The molecule has 0 atom stereocenters. The van der Waals surface area contributed by atoms with Crippen molar-refractivity contribution in [3.63, 3.8) is 0 Å². The van der Waals surface area contributed by atoms with Gasteiger partial charge in [-0.2, -0.15) is 0 Å². The fraction of sp³-hybridized carbons (Fsp3) is 0.579. The number of allylic oxidation sites excluding steroid dienone is 6. The monoisotopic (exact) mass is 290 g/mol. The van der Waals surface area contributed by atoms with E-state index < -0.39 is 5.97 Å². The predicted octanol–water partition coefficient (Wildman–Crippen LogP) is 5.74. The number of aliphatic carboxylic acids is 1. The molecule has 2 heteroatoms. The molecule has 1 N–H and O–H groups in total. The van der Waals surface area contributed by atoms with Crippen molar-refractivity contribution in [2.24, 2.45) is 0 Å². The van der Waals surface area contributed by atoms with Crippen molar-refractivity contribution in [2.75, 3.05) is 0 Å². The Morgan fingerprint density at radius 1 is 0.810 bits per heavy atom. The Hall–Kier alpha value is -1.31. The van der Waals surface area contributed by atoms with Crippen molar-refractivity contribution < 1.29 is 9.90 Å². The van der Waals surface area contributed by atoms with Crippen LogP contribution in [0.2, 0.25) is 0 Å². The zero-order valence-electron chi connectivity index (χ0n) is 13.4. The lowest BCUT2D eigenvalue weighted by molar-refractivity contribution is -0.137. The first-order chi connectivity index (χ1) is 9.77. The molecule has 0 spiro atoms. The minimum Gasteiger partial charge on any atom is -0.481 e. The molecule has 0 amide bonds. The average Bonchev–Trinajstić information content (AvgIpc) is 2.43. The third kappa shape index (κ3) is 21.1. The molecule has 0 aromatic carbocycles. The number of rotatable bonds is 13. The van der Waals surface area contributed by atoms with Gasteiger partial charge >= 0.3 is 5.97 Å². The molecule has 0 aliphatic heterocycles. The summed E-state index contributed by atoms with van der Waals surface area (Å²) in [4.78, 5) is 10.3. The van der Waals surface area contributed by atoms with E-state index in [4.69, 9.17) is 5.11 Å². The van der Waals surface area contributed by atoms with Gasteiger partial charge in [0.15, 0.2) is 0 Å². The molecule has 2 nitrogen and oxygen atoms in total.